The Morgan fingerprint density at radius 3 is 3.00 bits per heavy atom. The maximum atomic E-state index is 4.06. The fourth-order valence-electron chi connectivity index (χ4n) is 1.13. The van der Waals surface area contributed by atoms with Gasteiger partial charge in [-0.15, -0.1) is 0 Å². The van der Waals surface area contributed by atoms with Crippen LogP contribution in [0.4, 0.5) is 0 Å². The Morgan fingerprint density at radius 2 is 2.36 bits per heavy atom. The molecule has 11 heavy (non-hydrogen) atoms. The van der Waals surface area contributed by atoms with E-state index in [1.807, 2.05) is 19.3 Å². The first kappa shape index (κ1) is 8.44. The van der Waals surface area contributed by atoms with Crippen molar-refractivity contribution < 1.29 is 0 Å². The van der Waals surface area contributed by atoms with E-state index in [1.54, 1.807) is 0 Å². The van der Waals surface area contributed by atoms with Gasteiger partial charge in [-0.2, -0.15) is 0 Å². The van der Waals surface area contributed by atoms with E-state index in [-0.39, 0.29) is 0 Å². The molecular weight excluding hydrogens is 133 g/mol. The third kappa shape index (κ3) is 3.31. The van der Waals surface area contributed by atoms with Crippen molar-refractivity contribution in [2.24, 2.45) is 0 Å². The number of hydrogen-bond donors (Lipinski definition) is 0. The molecule has 0 aliphatic rings. The fraction of sp³-hybridized carbons (Fsp3) is 0.556. The standard InChI is InChI=1S/C9H14BN/c1-2-3-4-6-9-7-5-8-11-10-9/h5,7-8H,2-4,6H2,1H3. The molecule has 0 radical (unpaired) electrons. The quantitative estimate of drug-likeness (QED) is 0.594. The Morgan fingerprint density at radius 1 is 1.45 bits per heavy atom. The first-order chi connectivity index (χ1) is 5.43. The van der Waals surface area contributed by atoms with Crippen molar-refractivity contribution in [1.82, 2.24) is 4.89 Å². The molecule has 0 saturated carbocycles. The van der Waals surface area contributed by atoms with Gasteiger partial charge in [-0.1, -0.05) is 0 Å². The van der Waals surface area contributed by atoms with Crippen LogP contribution in [0.1, 0.15) is 31.6 Å². The monoisotopic (exact) mass is 147 g/mol. The third-order valence-electron chi connectivity index (χ3n) is 1.79. The molecule has 0 N–H and O–H groups in total. The molecule has 58 valence electrons. The molecule has 1 nitrogen and oxygen atoms in total. The second-order valence-corrected chi connectivity index (χ2v) is 2.82. The first-order valence-corrected chi connectivity index (χ1v) is 4.32. The Kier molecular flexibility index (Phi) is 3.88. The van der Waals surface area contributed by atoms with Crippen molar-refractivity contribution in [2.75, 3.05) is 0 Å². The fourth-order valence-corrected chi connectivity index (χ4v) is 1.13. The van der Waals surface area contributed by atoms with Gasteiger partial charge in [0.05, 0.1) is 0 Å². The number of aryl methyl sites for hydroxylation is 1. The molecule has 0 aliphatic carbocycles. The maximum absolute atomic E-state index is 4.06. The molecule has 0 aliphatic heterocycles. The van der Waals surface area contributed by atoms with Gasteiger partial charge in [0.1, 0.15) is 0 Å². The van der Waals surface area contributed by atoms with Crippen LogP contribution in [0.5, 0.6) is 0 Å². The summed E-state index contributed by atoms with van der Waals surface area (Å²) in [7, 11) is 1.95. The summed E-state index contributed by atoms with van der Waals surface area (Å²) in [6.07, 6.45) is 6.92. The number of aromatic nitrogens is 1. The van der Waals surface area contributed by atoms with Gasteiger partial charge >= 0.3 is 68.3 Å². The molecule has 1 aromatic rings. The number of hydrogen-bond acceptors (Lipinski definition) is 1. The predicted molar refractivity (Wildman–Crippen MR) is 48.8 cm³/mol. The van der Waals surface area contributed by atoms with Gasteiger partial charge in [-0.3, -0.25) is 0 Å². The van der Waals surface area contributed by atoms with Crippen LogP contribution in [0, 0.1) is 0 Å². The number of rotatable bonds is 4. The molecule has 0 atom stereocenters. The summed E-state index contributed by atoms with van der Waals surface area (Å²) in [5.74, 6) is 0. The average Bonchev–Trinajstić information content (AvgIpc) is 2.07. The van der Waals surface area contributed by atoms with Crippen molar-refractivity contribution in [3.05, 3.63) is 23.8 Å². The Bertz CT molecular complexity index is 186. The minimum atomic E-state index is 1.18. The van der Waals surface area contributed by atoms with Gasteiger partial charge < -0.3 is 0 Å². The van der Waals surface area contributed by atoms with Gasteiger partial charge in [0.25, 0.3) is 0 Å². The molecule has 1 heterocycles. The van der Waals surface area contributed by atoms with Crippen LogP contribution in [0.2, 0.25) is 0 Å². The molecule has 0 aromatic carbocycles. The Labute approximate surface area is 69.1 Å². The van der Waals surface area contributed by atoms with Crippen LogP contribution >= 0.6 is 0 Å². The van der Waals surface area contributed by atoms with Crippen LogP contribution in [-0.2, 0) is 6.42 Å². The Balaban J connectivity index is 2.28. The van der Waals surface area contributed by atoms with Gasteiger partial charge in [-0.05, 0) is 0 Å². The second kappa shape index (κ2) is 5.06. The molecule has 0 saturated heterocycles. The second-order valence-electron chi connectivity index (χ2n) is 2.82. The van der Waals surface area contributed by atoms with E-state index in [2.05, 4.69) is 17.9 Å². The minimum absolute atomic E-state index is 1.18. The average molecular weight is 147 g/mol. The molecule has 2 heteroatoms. The summed E-state index contributed by atoms with van der Waals surface area (Å²) in [5.41, 5.74) is 1.36. The van der Waals surface area contributed by atoms with Crippen LogP contribution in [0.15, 0.2) is 18.3 Å². The molecule has 0 unspecified atom stereocenters. The SMILES string of the molecule is CCCCCc1bnccc1. The topological polar surface area (TPSA) is 12.9 Å². The Hall–Kier alpha value is -0.655. The van der Waals surface area contributed by atoms with E-state index >= 15 is 0 Å². The number of unbranched alkanes of at least 4 members (excludes halogenated alkanes) is 2. The molecule has 1 rings (SSSR count). The molecular formula is C9H14BN. The van der Waals surface area contributed by atoms with E-state index in [1.165, 1.54) is 31.1 Å². The van der Waals surface area contributed by atoms with Crippen molar-refractivity contribution in [3.63, 3.8) is 0 Å². The summed E-state index contributed by atoms with van der Waals surface area (Å²) in [4.78, 5) is 4.06. The molecule has 0 fully saturated rings. The van der Waals surface area contributed by atoms with Crippen LogP contribution in [0.25, 0.3) is 0 Å². The van der Waals surface area contributed by atoms with Crippen molar-refractivity contribution in [3.8, 4) is 0 Å². The third-order valence-corrected chi connectivity index (χ3v) is 1.79. The van der Waals surface area contributed by atoms with E-state index in [9.17, 15) is 0 Å². The summed E-state index contributed by atoms with van der Waals surface area (Å²) in [5, 5.41) is 0. The van der Waals surface area contributed by atoms with Gasteiger partial charge in [0.15, 0.2) is 0 Å². The summed E-state index contributed by atoms with van der Waals surface area (Å²) in [6, 6.07) is 4.14. The zero-order valence-electron chi connectivity index (χ0n) is 7.09. The molecule has 0 bridgehead atoms. The van der Waals surface area contributed by atoms with Crippen molar-refractivity contribution in [1.29, 1.82) is 0 Å². The summed E-state index contributed by atoms with van der Waals surface area (Å²) in [6.45, 7) is 2.23. The molecule has 0 spiro atoms. The zero-order valence-corrected chi connectivity index (χ0v) is 7.09. The molecule has 0 amide bonds. The van der Waals surface area contributed by atoms with E-state index < -0.39 is 0 Å². The van der Waals surface area contributed by atoms with E-state index in [0.717, 1.165) is 0 Å². The van der Waals surface area contributed by atoms with E-state index in [0.29, 0.717) is 0 Å². The van der Waals surface area contributed by atoms with Crippen molar-refractivity contribution >= 4 is 7.05 Å². The van der Waals surface area contributed by atoms with E-state index in [4.69, 9.17) is 0 Å². The summed E-state index contributed by atoms with van der Waals surface area (Å²) < 4.78 is 0. The first-order valence-electron chi connectivity index (χ1n) is 4.32. The zero-order chi connectivity index (χ0) is 7.94. The normalized spacial score (nSPS) is 9.55. The van der Waals surface area contributed by atoms with Gasteiger partial charge in [-0.25, -0.2) is 0 Å². The summed E-state index contributed by atoms with van der Waals surface area (Å²) >= 11 is 0. The number of nitrogens with zero attached hydrogens (tertiary/aromatic N) is 1. The van der Waals surface area contributed by atoms with Crippen molar-refractivity contribution in [2.45, 2.75) is 32.6 Å². The van der Waals surface area contributed by atoms with Gasteiger partial charge in [0.2, 0.25) is 0 Å². The predicted octanol–water partition coefficient (Wildman–Crippen LogP) is 2.15. The molecule has 1 aromatic heterocycles. The van der Waals surface area contributed by atoms with Crippen LogP contribution in [0.3, 0.4) is 0 Å². The van der Waals surface area contributed by atoms with Gasteiger partial charge in [0, 0.05) is 0 Å². The van der Waals surface area contributed by atoms with Crippen LogP contribution in [-0.4, -0.2) is 11.9 Å². The van der Waals surface area contributed by atoms with Crippen LogP contribution < -0.4 is 0 Å².